The van der Waals surface area contributed by atoms with Crippen molar-refractivity contribution in [2.45, 2.75) is 193 Å². The van der Waals surface area contributed by atoms with Gasteiger partial charge in [-0.1, -0.05) is 196 Å². The summed E-state index contributed by atoms with van der Waals surface area (Å²) in [6.45, 7) is 3.54. The maximum absolute atomic E-state index is 12.6. The Morgan fingerprint density at radius 3 is 1.38 bits per heavy atom. The third kappa shape index (κ3) is 43.0. The van der Waals surface area contributed by atoms with Gasteiger partial charge in [0, 0.05) is 19.4 Å². The van der Waals surface area contributed by atoms with E-state index in [1.54, 1.807) is 0 Å². The largest absolute Gasteiger partial charge is 0.472 e. The van der Waals surface area contributed by atoms with Crippen molar-refractivity contribution in [1.82, 2.24) is 0 Å². The molecule has 10 heteroatoms. The van der Waals surface area contributed by atoms with Gasteiger partial charge in [0.25, 0.3) is 0 Å². The van der Waals surface area contributed by atoms with Crippen molar-refractivity contribution in [3.05, 3.63) is 72.9 Å². The fourth-order valence-corrected chi connectivity index (χ4v) is 6.78. The molecule has 0 fully saturated rings. The van der Waals surface area contributed by atoms with E-state index in [1.165, 1.54) is 96.3 Å². The van der Waals surface area contributed by atoms with E-state index in [4.69, 9.17) is 24.3 Å². The number of phosphoric acid groups is 1. The molecule has 0 aliphatic carbocycles. The Bertz CT molecular complexity index is 1180. The van der Waals surface area contributed by atoms with Crippen molar-refractivity contribution >= 4 is 19.8 Å². The fraction of sp³-hybridized carbons (Fsp3) is 0.708. The van der Waals surface area contributed by atoms with Crippen molar-refractivity contribution in [3.63, 3.8) is 0 Å². The summed E-state index contributed by atoms with van der Waals surface area (Å²) in [5, 5.41) is 0. The zero-order chi connectivity index (χ0) is 42.5. The zero-order valence-corrected chi connectivity index (χ0v) is 37.6. The van der Waals surface area contributed by atoms with Crippen LogP contribution >= 0.6 is 7.82 Å². The van der Waals surface area contributed by atoms with Gasteiger partial charge in [-0.25, -0.2) is 4.57 Å². The second-order valence-corrected chi connectivity index (χ2v) is 16.3. The number of esters is 2. The minimum absolute atomic E-state index is 0.0397. The molecule has 0 aliphatic rings. The van der Waals surface area contributed by atoms with Gasteiger partial charge in [-0.05, 0) is 51.4 Å². The minimum atomic E-state index is -4.40. The van der Waals surface area contributed by atoms with Crippen LogP contribution < -0.4 is 5.73 Å². The summed E-state index contributed by atoms with van der Waals surface area (Å²) in [6.07, 6.45) is 53.8. The number of hydrogen-bond donors (Lipinski definition) is 2. The van der Waals surface area contributed by atoms with E-state index in [9.17, 15) is 19.0 Å². The van der Waals surface area contributed by atoms with Crippen molar-refractivity contribution in [2.24, 2.45) is 5.73 Å². The molecule has 2 atom stereocenters. The molecular formula is C48H84NO8P. The first-order valence-electron chi connectivity index (χ1n) is 22.9. The Morgan fingerprint density at radius 2 is 0.948 bits per heavy atom. The van der Waals surface area contributed by atoms with Gasteiger partial charge in [-0.3, -0.25) is 18.6 Å². The van der Waals surface area contributed by atoms with Crippen LogP contribution in [0.15, 0.2) is 72.9 Å². The number of phosphoric ester groups is 1. The van der Waals surface area contributed by atoms with Crippen LogP contribution in [-0.4, -0.2) is 49.3 Å². The van der Waals surface area contributed by atoms with Crippen LogP contribution in [0.2, 0.25) is 0 Å². The molecule has 2 unspecified atom stereocenters. The smallest absolute Gasteiger partial charge is 0.462 e. The number of carbonyl (C=O) groups excluding carboxylic acids is 2. The summed E-state index contributed by atoms with van der Waals surface area (Å²) in [4.78, 5) is 34.9. The number of allylic oxidation sites excluding steroid dienone is 12. The lowest BCUT2D eigenvalue weighted by Gasteiger charge is -2.19. The number of hydrogen-bond acceptors (Lipinski definition) is 8. The molecule has 0 heterocycles. The molecule has 0 aliphatic heterocycles. The number of nitrogens with two attached hydrogens (primary N) is 1. The van der Waals surface area contributed by atoms with E-state index in [0.29, 0.717) is 6.42 Å². The first kappa shape index (κ1) is 55.5. The van der Waals surface area contributed by atoms with Crippen molar-refractivity contribution in [1.29, 1.82) is 0 Å². The molecule has 0 amide bonds. The summed E-state index contributed by atoms with van der Waals surface area (Å²) < 4.78 is 32.7. The number of ether oxygens (including phenoxy) is 2. The first-order chi connectivity index (χ1) is 28.3. The maximum Gasteiger partial charge on any atom is 0.472 e. The van der Waals surface area contributed by atoms with E-state index in [-0.39, 0.29) is 32.6 Å². The van der Waals surface area contributed by atoms with Gasteiger partial charge in [0.15, 0.2) is 6.10 Å². The average Bonchev–Trinajstić information content (AvgIpc) is 3.21. The van der Waals surface area contributed by atoms with Crippen LogP contribution in [0.4, 0.5) is 0 Å². The second kappa shape index (κ2) is 44.0. The summed E-state index contributed by atoms with van der Waals surface area (Å²) in [5.74, 6) is -0.926. The zero-order valence-electron chi connectivity index (χ0n) is 36.8. The topological polar surface area (TPSA) is 134 Å². The fourth-order valence-electron chi connectivity index (χ4n) is 6.01. The standard InChI is InChI=1S/C48H84NO8P/c1-3-5-7-9-11-13-15-17-19-21-23-25-27-29-31-33-35-37-39-41-48(51)57-46(45-56-58(52,53)55-43-42-49)44-54-47(50)40-38-36-34-32-30-28-26-24-22-20-18-16-14-12-10-8-6-4-2/h5,7,11,13,17,19,23,25,29,31,35,37,46H,3-4,6,8-10,12,14-16,18,20-22,24,26-28,30,32-34,36,38-45,49H2,1-2H3,(H,52,53). The lowest BCUT2D eigenvalue weighted by Crippen LogP contribution is -2.29. The molecule has 3 N–H and O–H groups in total. The van der Waals surface area contributed by atoms with E-state index in [0.717, 1.165) is 57.8 Å². The number of carbonyl (C=O) groups is 2. The lowest BCUT2D eigenvalue weighted by molar-refractivity contribution is -0.161. The van der Waals surface area contributed by atoms with Crippen molar-refractivity contribution in [2.75, 3.05) is 26.4 Å². The molecule has 0 saturated carbocycles. The molecule has 0 aromatic carbocycles. The Kier molecular flexibility index (Phi) is 42.1. The Morgan fingerprint density at radius 1 is 0.534 bits per heavy atom. The van der Waals surface area contributed by atoms with Gasteiger partial charge in [-0.2, -0.15) is 0 Å². The van der Waals surface area contributed by atoms with Crippen LogP contribution in [0.3, 0.4) is 0 Å². The number of unbranched alkanes of at least 4 members (excludes halogenated alkanes) is 17. The molecule has 0 aromatic heterocycles. The highest BCUT2D eigenvalue weighted by molar-refractivity contribution is 7.47. The molecule has 0 bridgehead atoms. The maximum atomic E-state index is 12.6. The monoisotopic (exact) mass is 834 g/mol. The van der Waals surface area contributed by atoms with Crippen LogP contribution in [0.5, 0.6) is 0 Å². The highest BCUT2D eigenvalue weighted by Gasteiger charge is 2.25. The highest BCUT2D eigenvalue weighted by atomic mass is 31.2. The molecule has 0 saturated heterocycles. The van der Waals surface area contributed by atoms with E-state index in [2.05, 4.69) is 74.6 Å². The molecule has 0 radical (unpaired) electrons. The predicted molar refractivity (Wildman–Crippen MR) is 242 cm³/mol. The third-order valence-corrected chi connectivity index (χ3v) is 10.4. The second-order valence-electron chi connectivity index (χ2n) is 14.9. The van der Waals surface area contributed by atoms with Gasteiger partial charge in [0.2, 0.25) is 0 Å². The summed E-state index contributed by atoms with van der Waals surface area (Å²) in [5.41, 5.74) is 5.35. The Labute approximate surface area is 354 Å². The molecule has 0 spiro atoms. The van der Waals surface area contributed by atoms with E-state index in [1.807, 2.05) is 12.2 Å². The minimum Gasteiger partial charge on any atom is -0.462 e. The summed E-state index contributed by atoms with van der Waals surface area (Å²) >= 11 is 0. The van der Waals surface area contributed by atoms with Crippen molar-refractivity contribution < 1.29 is 37.6 Å². The third-order valence-electron chi connectivity index (χ3n) is 9.37. The SMILES string of the molecule is CCC=CCC=CCC=CCC=CCC=CCC=CCCC(=O)OC(COC(=O)CCCCCCCCCCCCCCCCCCCC)COP(=O)(O)OCCN. The van der Waals surface area contributed by atoms with Gasteiger partial charge in [0.1, 0.15) is 6.61 Å². The average molecular weight is 834 g/mol. The van der Waals surface area contributed by atoms with Gasteiger partial charge in [-0.15, -0.1) is 0 Å². The van der Waals surface area contributed by atoms with Crippen LogP contribution in [0, 0.1) is 0 Å². The van der Waals surface area contributed by atoms with Crippen LogP contribution in [-0.2, 0) is 32.7 Å². The first-order valence-corrected chi connectivity index (χ1v) is 24.4. The van der Waals surface area contributed by atoms with E-state index >= 15 is 0 Å². The normalized spacial score (nSPS) is 13.9. The molecule has 9 nitrogen and oxygen atoms in total. The van der Waals surface area contributed by atoms with Gasteiger partial charge < -0.3 is 20.1 Å². The van der Waals surface area contributed by atoms with Crippen LogP contribution in [0.25, 0.3) is 0 Å². The Hall–Kier alpha value is -2.55. The molecule has 0 aromatic rings. The van der Waals surface area contributed by atoms with Gasteiger partial charge >= 0.3 is 19.8 Å². The van der Waals surface area contributed by atoms with Gasteiger partial charge in [0.05, 0.1) is 13.2 Å². The van der Waals surface area contributed by atoms with E-state index < -0.39 is 32.5 Å². The lowest BCUT2D eigenvalue weighted by atomic mass is 10.0. The quantitative estimate of drug-likeness (QED) is 0.0267. The highest BCUT2D eigenvalue weighted by Crippen LogP contribution is 2.43. The van der Waals surface area contributed by atoms with Crippen molar-refractivity contribution in [3.8, 4) is 0 Å². The van der Waals surface area contributed by atoms with Crippen LogP contribution in [0.1, 0.15) is 187 Å². The number of rotatable bonds is 42. The molecule has 58 heavy (non-hydrogen) atoms. The molecule has 334 valence electrons. The summed E-state index contributed by atoms with van der Waals surface area (Å²) in [7, 11) is -4.40. The molecule has 0 rings (SSSR count). The molecular weight excluding hydrogens is 750 g/mol. The predicted octanol–water partition coefficient (Wildman–Crippen LogP) is 13.4. The summed E-state index contributed by atoms with van der Waals surface area (Å²) in [6, 6.07) is 0. The Balaban J connectivity index is 4.23.